The van der Waals surface area contributed by atoms with Crippen molar-refractivity contribution in [2.24, 2.45) is 27.4 Å². The summed E-state index contributed by atoms with van der Waals surface area (Å²) in [7, 11) is 0. The standard InChI is InChI=1S/C31H30N8O5.C22H26N6O4.C9H6N2O2.H2S/c1-19(40)21-11-5-8-14-28(21)44-18-27(38-39-33)24(15-20-9-3-2-4-10-20)36-30(42)25(16-29(32)41)37-31(43)26-17-34-22-12-6-7-13-23(22)35-26;1-14(29)16-9-5-6-10-20(16)32-13-19(27-28-25)18(11-15-7-3-2-4-8-15)26-22(31)17(23)12-21(24)30;12-9(13)8-5-10-6-3-1-2-4-7(6)11-8;/h2-14,17,24-25,27H,15-16,18H2,1H3,(H2,32,41)(H,36,42)(H,37,43);2-10,17-19H,11-13,23H2,1H3,(H2,24,30)(H,26,31);1-5H,(H,12,13);1H2/t24-,25-,27+;17-,18-,19+;;/m00../s1. The zero-order valence-corrected chi connectivity index (χ0v) is 49.6. The maximum Gasteiger partial charge on any atom is 0.356 e. The molecule has 28 heteroatoms. The van der Waals surface area contributed by atoms with Crippen molar-refractivity contribution < 1.29 is 52.9 Å². The Morgan fingerprint density at radius 3 is 1.34 bits per heavy atom. The number of nitrogens with two attached hydrogens (primary N) is 3. The average Bonchev–Trinajstić information content (AvgIpc) is 1.38. The van der Waals surface area contributed by atoms with E-state index >= 15 is 0 Å². The summed E-state index contributed by atoms with van der Waals surface area (Å²) in [6.07, 6.45) is 2.22. The minimum atomic E-state index is -1.38. The van der Waals surface area contributed by atoms with Crippen LogP contribution in [0.25, 0.3) is 43.0 Å². The number of amides is 5. The van der Waals surface area contributed by atoms with Crippen LogP contribution in [0.3, 0.4) is 0 Å². The van der Waals surface area contributed by atoms with Gasteiger partial charge in [-0.3, -0.25) is 43.5 Å². The van der Waals surface area contributed by atoms with E-state index in [9.17, 15) is 43.9 Å². The summed E-state index contributed by atoms with van der Waals surface area (Å²) >= 11 is 0. The number of hydrogen-bond donors (Lipinski definition) is 7. The highest BCUT2D eigenvalue weighted by Crippen LogP contribution is 2.22. The van der Waals surface area contributed by atoms with E-state index in [0.717, 1.165) is 11.1 Å². The first kappa shape index (κ1) is 69.5. The molecular formula is C62H64N16O11S. The molecule has 0 radical (unpaired) electrons. The van der Waals surface area contributed by atoms with Gasteiger partial charge in [0.1, 0.15) is 23.2 Å². The van der Waals surface area contributed by atoms with Gasteiger partial charge in [-0.1, -0.05) is 119 Å². The summed E-state index contributed by atoms with van der Waals surface area (Å²) in [5.41, 5.74) is 39.5. The number of carboxylic acid groups (broad SMARTS) is 1. The number of fused-ring (bicyclic) bond motifs is 2. The number of hydrogen-bond acceptors (Lipinski definition) is 17. The third-order valence-electron chi connectivity index (χ3n) is 13.1. The largest absolute Gasteiger partial charge is 0.492 e. The number of Topliss-reactive ketones (excluding diaryl/α,β-unsaturated/α-hetero) is 2. The predicted octanol–water partition coefficient (Wildman–Crippen LogP) is 6.61. The minimum absolute atomic E-state index is 0. The molecule has 0 spiro atoms. The number of nitrogens with one attached hydrogen (secondary N) is 3. The van der Waals surface area contributed by atoms with Gasteiger partial charge in [-0.2, -0.15) is 13.5 Å². The highest BCUT2D eigenvalue weighted by atomic mass is 32.1. The number of nitrogens with zero attached hydrogens (tertiary/aromatic N) is 10. The number of rotatable bonds is 27. The van der Waals surface area contributed by atoms with Gasteiger partial charge in [-0.25, -0.2) is 14.8 Å². The molecule has 10 N–H and O–H groups in total. The molecule has 0 bridgehead atoms. The maximum absolute atomic E-state index is 13.6. The molecule has 2 aromatic heterocycles. The van der Waals surface area contributed by atoms with Crippen LogP contribution in [0.15, 0.2) is 180 Å². The Bertz CT molecular complexity index is 3910. The molecule has 0 saturated carbocycles. The Morgan fingerprint density at radius 2 is 0.922 bits per heavy atom. The number of ether oxygens (including phenoxy) is 2. The molecule has 0 fully saturated rings. The zero-order valence-electron chi connectivity index (χ0n) is 48.6. The van der Waals surface area contributed by atoms with Gasteiger partial charge in [0.05, 0.1) is 89.8 Å². The number of aromatic carboxylic acids is 1. The van der Waals surface area contributed by atoms with Gasteiger partial charge in [-0.15, -0.1) is 0 Å². The van der Waals surface area contributed by atoms with Crippen LogP contribution in [0.5, 0.6) is 11.5 Å². The lowest BCUT2D eigenvalue weighted by atomic mass is 9.99. The number of aromatic nitrogens is 4. The van der Waals surface area contributed by atoms with E-state index in [1.165, 1.54) is 26.2 Å². The Morgan fingerprint density at radius 1 is 0.533 bits per heavy atom. The topological polar surface area (TPSA) is 438 Å². The van der Waals surface area contributed by atoms with Crippen LogP contribution in [-0.2, 0) is 32.0 Å². The van der Waals surface area contributed by atoms with Crippen molar-refractivity contribution in [3.05, 3.63) is 225 Å². The van der Waals surface area contributed by atoms with Gasteiger partial charge >= 0.3 is 5.97 Å². The van der Waals surface area contributed by atoms with Gasteiger partial charge < -0.3 is 47.7 Å². The third kappa shape index (κ3) is 21.6. The minimum Gasteiger partial charge on any atom is -0.492 e. The lowest BCUT2D eigenvalue weighted by Crippen LogP contribution is -2.54. The molecule has 0 unspecified atom stereocenters. The SMILES string of the molecule is CC(=O)c1ccccc1OC[C@@H](N=[N+]=[N-])[C@H](Cc1ccccc1)NC(=O)[C@@H](N)CC(N)=O.CC(=O)c1ccccc1OC[C@@H](N=[N+]=[N-])[C@H](Cc1ccccc1)NC(=O)[C@H](CC(N)=O)NC(=O)c1cnc2ccccc2n1.O=C(O)c1cnc2ccccc2n1.S. The molecule has 0 aliphatic rings. The van der Waals surface area contributed by atoms with Gasteiger partial charge in [-0.05, 0) is 97.4 Å². The van der Waals surface area contributed by atoms with Crippen molar-refractivity contribution in [3.63, 3.8) is 0 Å². The van der Waals surface area contributed by atoms with Crippen LogP contribution in [0.4, 0.5) is 0 Å². The second-order valence-corrected chi connectivity index (χ2v) is 19.6. The molecule has 8 aromatic rings. The lowest BCUT2D eigenvalue weighted by molar-refractivity contribution is -0.127. The summed E-state index contributed by atoms with van der Waals surface area (Å²) in [4.78, 5) is 119. The van der Waals surface area contributed by atoms with Crippen molar-refractivity contribution in [2.45, 2.75) is 75.8 Å². The van der Waals surface area contributed by atoms with E-state index in [2.05, 4.69) is 55.9 Å². The van der Waals surface area contributed by atoms with Crippen LogP contribution >= 0.6 is 13.5 Å². The number of carboxylic acids is 1. The van der Waals surface area contributed by atoms with E-state index in [0.29, 0.717) is 51.1 Å². The van der Waals surface area contributed by atoms with Crippen LogP contribution in [0.2, 0.25) is 0 Å². The zero-order chi connectivity index (χ0) is 64.2. The van der Waals surface area contributed by atoms with Crippen LogP contribution < -0.4 is 42.6 Å². The molecule has 6 atom stereocenters. The summed E-state index contributed by atoms with van der Waals surface area (Å²) in [5, 5.41) is 24.4. The van der Waals surface area contributed by atoms with Crippen molar-refractivity contribution in [2.75, 3.05) is 13.2 Å². The second-order valence-electron chi connectivity index (χ2n) is 19.6. The smallest absolute Gasteiger partial charge is 0.356 e. The van der Waals surface area contributed by atoms with E-state index in [-0.39, 0.29) is 62.5 Å². The Labute approximate surface area is 521 Å². The van der Waals surface area contributed by atoms with Gasteiger partial charge in [0.15, 0.2) is 17.3 Å². The van der Waals surface area contributed by atoms with Crippen molar-refractivity contribution in [3.8, 4) is 11.5 Å². The highest BCUT2D eigenvalue weighted by molar-refractivity contribution is 7.59. The van der Waals surface area contributed by atoms with Gasteiger partial charge in [0.25, 0.3) is 5.91 Å². The first-order valence-electron chi connectivity index (χ1n) is 27.4. The maximum atomic E-state index is 13.6. The number of primary amides is 2. The van der Waals surface area contributed by atoms with E-state index in [1.54, 1.807) is 91.0 Å². The number of carbonyl (C=O) groups excluding carboxylic acids is 7. The Kier molecular flexibility index (Phi) is 27.3. The van der Waals surface area contributed by atoms with Crippen molar-refractivity contribution >= 4 is 82.6 Å². The van der Waals surface area contributed by atoms with Crippen molar-refractivity contribution in [1.29, 1.82) is 0 Å². The average molecular weight is 1240 g/mol. The number of ketones is 2. The summed E-state index contributed by atoms with van der Waals surface area (Å²) in [5.74, 6) is -4.43. The molecule has 27 nitrogen and oxygen atoms in total. The third-order valence-corrected chi connectivity index (χ3v) is 13.1. The quantitative estimate of drug-likeness (QED) is 0.0123. The number of carbonyl (C=O) groups is 8. The number of benzene rings is 6. The summed E-state index contributed by atoms with van der Waals surface area (Å²) in [6.45, 7) is 2.54. The van der Waals surface area contributed by atoms with Crippen LogP contribution in [-0.4, -0.2) is 122 Å². The lowest BCUT2D eigenvalue weighted by Gasteiger charge is -2.27. The molecule has 90 heavy (non-hydrogen) atoms. The Hall–Kier alpha value is -11.3. The van der Waals surface area contributed by atoms with Crippen LogP contribution in [0.1, 0.15) is 79.5 Å². The molecule has 0 aliphatic heterocycles. The fraction of sp³-hybridized carbons (Fsp3) is 0.226. The fourth-order valence-corrected chi connectivity index (χ4v) is 8.66. The van der Waals surface area contributed by atoms with E-state index in [4.69, 9.17) is 37.3 Å². The van der Waals surface area contributed by atoms with Crippen molar-refractivity contribution in [1.82, 2.24) is 35.9 Å². The number of para-hydroxylation sites is 6. The second kappa shape index (κ2) is 35.4. The predicted molar refractivity (Wildman–Crippen MR) is 337 cm³/mol. The molecule has 464 valence electrons. The number of azide groups is 2. The summed E-state index contributed by atoms with van der Waals surface area (Å²) < 4.78 is 11.7. The van der Waals surface area contributed by atoms with Gasteiger partial charge in [0.2, 0.25) is 23.6 Å². The molecular weight excluding hydrogens is 1180 g/mol. The first-order valence-corrected chi connectivity index (χ1v) is 27.4. The fourth-order valence-electron chi connectivity index (χ4n) is 8.66. The molecule has 0 saturated heterocycles. The molecule has 5 amide bonds. The normalized spacial score (nSPS) is 12.3. The van der Waals surface area contributed by atoms with E-state index in [1.807, 2.05) is 66.7 Å². The molecule has 0 aliphatic carbocycles. The summed E-state index contributed by atoms with van der Waals surface area (Å²) in [6, 6.07) is 40.0. The monoisotopic (exact) mass is 1240 g/mol. The van der Waals surface area contributed by atoms with E-state index < -0.39 is 78.2 Å². The Balaban J connectivity index is 0.000000278. The van der Waals surface area contributed by atoms with Gasteiger partial charge in [0, 0.05) is 21.9 Å². The molecule has 8 rings (SSSR count). The van der Waals surface area contributed by atoms with Crippen LogP contribution in [0, 0.1) is 0 Å². The molecule has 6 aromatic carbocycles. The molecule has 2 heterocycles. The highest BCUT2D eigenvalue weighted by Gasteiger charge is 2.31. The first-order chi connectivity index (χ1) is 42.8.